The molecular weight excluding hydrogens is 418 g/mol. The highest BCUT2D eigenvalue weighted by atomic mass is 79.9. The van der Waals surface area contributed by atoms with Crippen molar-refractivity contribution in [3.63, 3.8) is 0 Å². The van der Waals surface area contributed by atoms with Crippen molar-refractivity contribution in [1.82, 2.24) is 0 Å². The number of aliphatic hydroxyl groups is 1. The standard InChI is InChI=1S/C19H16BrNO4S/c20-14-7-9-16(10-8-14)25-12-15(22)11-21-17-5-1-3-13-4-2-6-18(19(13)17)26(21,23)24/h1-10,15,22H,11-12H2/t15-/m1/s1. The fraction of sp³-hybridized carbons (Fsp3) is 0.158. The van der Waals surface area contributed by atoms with Gasteiger partial charge in [0.2, 0.25) is 0 Å². The van der Waals surface area contributed by atoms with Crippen molar-refractivity contribution >= 4 is 42.4 Å². The number of β-amino-alcohol motifs (C(OH)–C–C–N with tert-alkyl or cyclic N) is 1. The molecule has 0 saturated heterocycles. The van der Waals surface area contributed by atoms with Crippen molar-refractivity contribution in [1.29, 1.82) is 0 Å². The van der Waals surface area contributed by atoms with Crippen LogP contribution in [0.2, 0.25) is 0 Å². The molecule has 26 heavy (non-hydrogen) atoms. The number of aliphatic hydroxyl groups excluding tert-OH is 1. The first-order valence-corrected chi connectivity index (χ1v) is 10.3. The first-order valence-electron chi connectivity index (χ1n) is 8.08. The molecule has 1 aliphatic rings. The maximum Gasteiger partial charge on any atom is 0.265 e. The Bertz CT molecular complexity index is 1060. The minimum absolute atomic E-state index is 0.0000257. The summed E-state index contributed by atoms with van der Waals surface area (Å²) in [5.74, 6) is 0.613. The van der Waals surface area contributed by atoms with E-state index in [1.807, 2.05) is 30.3 Å². The van der Waals surface area contributed by atoms with Gasteiger partial charge < -0.3 is 9.84 Å². The second-order valence-electron chi connectivity index (χ2n) is 6.09. The summed E-state index contributed by atoms with van der Waals surface area (Å²) in [6, 6.07) is 17.9. The molecule has 0 aliphatic carbocycles. The van der Waals surface area contributed by atoms with E-state index in [4.69, 9.17) is 4.74 Å². The third-order valence-electron chi connectivity index (χ3n) is 4.31. The summed E-state index contributed by atoms with van der Waals surface area (Å²) in [5.41, 5.74) is 0.598. The zero-order valence-corrected chi connectivity index (χ0v) is 16.1. The smallest absolute Gasteiger partial charge is 0.265 e. The molecule has 1 heterocycles. The van der Waals surface area contributed by atoms with Gasteiger partial charge in [-0.15, -0.1) is 0 Å². The second kappa shape index (κ2) is 6.57. The van der Waals surface area contributed by atoms with E-state index in [2.05, 4.69) is 15.9 Å². The topological polar surface area (TPSA) is 66.8 Å². The van der Waals surface area contributed by atoms with Gasteiger partial charge >= 0.3 is 0 Å². The van der Waals surface area contributed by atoms with E-state index >= 15 is 0 Å². The van der Waals surface area contributed by atoms with Gasteiger partial charge in [0.25, 0.3) is 10.0 Å². The Morgan fingerprint density at radius 2 is 1.73 bits per heavy atom. The Labute approximate surface area is 160 Å². The van der Waals surface area contributed by atoms with Crippen LogP contribution in [0.4, 0.5) is 5.69 Å². The lowest BCUT2D eigenvalue weighted by atomic mass is 10.1. The molecule has 1 aliphatic heterocycles. The Morgan fingerprint density at radius 1 is 1.04 bits per heavy atom. The highest BCUT2D eigenvalue weighted by Gasteiger charge is 2.36. The van der Waals surface area contributed by atoms with Gasteiger partial charge in [0, 0.05) is 9.86 Å². The molecule has 0 aromatic heterocycles. The van der Waals surface area contributed by atoms with Crippen LogP contribution in [-0.2, 0) is 10.0 Å². The molecule has 0 spiro atoms. The minimum Gasteiger partial charge on any atom is -0.491 e. The zero-order valence-electron chi connectivity index (χ0n) is 13.7. The summed E-state index contributed by atoms with van der Waals surface area (Å²) in [6.45, 7) is -0.0629. The number of hydrogen-bond donors (Lipinski definition) is 1. The van der Waals surface area contributed by atoms with Gasteiger partial charge in [0.1, 0.15) is 18.5 Å². The molecule has 0 amide bonds. The second-order valence-corrected chi connectivity index (χ2v) is 8.83. The number of halogens is 1. The fourth-order valence-corrected chi connectivity index (χ4v) is 5.13. The Morgan fingerprint density at radius 3 is 2.46 bits per heavy atom. The lowest BCUT2D eigenvalue weighted by Gasteiger charge is -2.22. The first kappa shape index (κ1) is 17.3. The monoisotopic (exact) mass is 433 g/mol. The average molecular weight is 434 g/mol. The van der Waals surface area contributed by atoms with E-state index < -0.39 is 16.1 Å². The van der Waals surface area contributed by atoms with Gasteiger partial charge in [-0.05, 0) is 41.8 Å². The van der Waals surface area contributed by atoms with E-state index in [1.54, 1.807) is 30.3 Å². The van der Waals surface area contributed by atoms with Crippen LogP contribution < -0.4 is 9.04 Å². The summed E-state index contributed by atoms with van der Waals surface area (Å²) in [4.78, 5) is 0.284. The van der Waals surface area contributed by atoms with E-state index in [0.29, 0.717) is 16.8 Å². The fourth-order valence-electron chi connectivity index (χ4n) is 3.12. The molecule has 5 nitrogen and oxygen atoms in total. The van der Waals surface area contributed by atoms with Crippen LogP contribution >= 0.6 is 15.9 Å². The maximum absolute atomic E-state index is 12.9. The lowest BCUT2D eigenvalue weighted by molar-refractivity contribution is 0.115. The molecule has 0 saturated carbocycles. The van der Waals surface area contributed by atoms with Gasteiger partial charge in [-0.3, -0.25) is 4.31 Å². The highest BCUT2D eigenvalue weighted by Crippen LogP contribution is 2.41. The van der Waals surface area contributed by atoms with Crippen LogP contribution in [0.25, 0.3) is 10.8 Å². The van der Waals surface area contributed by atoms with E-state index in [0.717, 1.165) is 9.86 Å². The quantitative estimate of drug-likeness (QED) is 0.667. The predicted octanol–water partition coefficient (Wildman–Crippen LogP) is 3.55. The summed E-state index contributed by atoms with van der Waals surface area (Å²) >= 11 is 3.35. The molecule has 1 N–H and O–H groups in total. The van der Waals surface area contributed by atoms with Crippen molar-refractivity contribution in [3.05, 3.63) is 65.1 Å². The molecule has 0 fully saturated rings. The van der Waals surface area contributed by atoms with Crippen molar-refractivity contribution in [3.8, 4) is 5.75 Å². The molecular formula is C19H16BrNO4S. The highest BCUT2D eigenvalue weighted by molar-refractivity contribution is 9.10. The van der Waals surface area contributed by atoms with Crippen molar-refractivity contribution in [2.24, 2.45) is 0 Å². The molecule has 134 valence electrons. The number of hydrogen-bond acceptors (Lipinski definition) is 4. The van der Waals surface area contributed by atoms with Crippen LogP contribution in [0.1, 0.15) is 0 Å². The number of ether oxygens (including phenoxy) is 1. The molecule has 3 aromatic rings. The van der Waals surface area contributed by atoms with Crippen molar-refractivity contribution in [2.75, 3.05) is 17.5 Å². The molecule has 4 rings (SSSR count). The zero-order chi connectivity index (χ0) is 18.3. The van der Waals surface area contributed by atoms with Crippen LogP contribution in [-0.4, -0.2) is 32.8 Å². The van der Waals surface area contributed by atoms with Gasteiger partial charge in [-0.1, -0.05) is 40.2 Å². The van der Waals surface area contributed by atoms with Gasteiger partial charge in [-0.25, -0.2) is 8.42 Å². The van der Waals surface area contributed by atoms with Crippen molar-refractivity contribution < 1.29 is 18.3 Å². The number of rotatable bonds is 5. The molecule has 0 bridgehead atoms. The number of anilines is 1. The summed E-state index contributed by atoms with van der Waals surface area (Å²) in [6.07, 6.45) is -0.960. The largest absolute Gasteiger partial charge is 0.491 e. The van der Waals surface area contributed by atoms with Crippen molar-refractivity contribution in [2.45, 2.75) is 11.0 Å². The SMILES string of the molecule is O=S1(=O)c2cccc3cccc(c23)N1C[C@@H](O)COc1ccc(Br)cc1. The Kier molecular flexibility index (Phi) is 4.38. The number of nitrogens with zero attached hydrogens (tertiary/aromatic N) is 1. The Balaban J connectivity index is 1.55. The molecule has 3 aromatic carbocycles. The molecule has 7 heteroatoms. The normalized spacial score (nSPS) is 16.0. The lowest BCUT2D eigenvalue weighted by Crippen LogP contribution is -2.37. The average Bonchev–Trinajstić information content (AvgIpc) is 2.85. The van der Waals surface area contributed by atoms with Gasteiger partial charge in [0.15, 0.2) is 0 Å². The van der Waals surface area contributed by atoms with Crippen LogP contribution in [0.5, 0.6) is 5.75 Å². The van der Waals surface area contributed by atoms with Gasteiger partial charge in [-0.2, -0.15) is 0 Å². The van der Waals surface area contributed by atoms with Crippen LogP contribution in [0, 0.1) is 0 Å². The molecule has 0 unspecified atom stereocenters. The Hall–Kier alpha value is -2.09. The third kappa shape index (κ3) is 2.96. The van der Waals surface area contributed by atoms with E-state index in [1.165, 1.54) is 4.31 Å². The van der Waals surface area contributed by atoms with Gasteiger partial charge in [0.05, 0.1) is 17.1 Å². The summed E-state index contributed by atoms with van der Waals surface area (Å²) in [5, 5.41) is 11.9. The van der Waals surface area contributed by atoms with E-state index in [9.17, 15) is 13.5 Å². The molecule has 1 atom stereocenters. The number of benzene rings is 3. The molecule has 0 radical (unpaired) electrons. The third-order valence-corrected chi connectivity index (χ3v) is 6.66. The number of sulfonamides is 1. The summed E-state index contributed by atoms with van der Waals surface area (Å²) in [7, 11) is -3.67. The maximum atomic E-state index is 12.9. The van der Waals surface area contributed by atoms with Crippen LogP contribution in [0.3, 0.4) is 0 Å². The first-order chi connectivity index (χ1) is 12.5. The van der Waals surface area contributed by atoms with Crippen LogP contribution in [0.15, 0.2) is 70.0 Å². The predicted molar refractivity (Wildman–Crippen MR) is 104 cm³/mol. The van der Waals surface area contributed by atoms with E-state index in [-0.39, 0.29) is 18.0 Å². The minimum atomic E-state index is -3.67. The summed E-state index contributed by atoms with van der Waals surface area (Å²) < 4.78 is 33.5.